The van der Waals surface area contributed by atoms with Gasteiger partial charge in [-0.15, -0.1) is 0 Å². The van der Waals surface area contributed by atoms with Crippen LogP contribution in [-0.2, 0) is 6.54 Å². The van der Waals surface area contributed by atoms with E-state index in [0.717, 1.165) is 5.69 Å². The molecule has 19 heavy (non-hydrogen) atoms. The second-order valence-electron chi connectivity index (χ2n) is 3.75. The van der Waals surface area contributed by atoms with Crippen molar-refractivity contribution in [1.82, 2.24) is 4.98 Å². The fraction of sp³-hybridized carbons (Fsp3) is 0.0833. The Hall–Kier alpha value is -1.66. The summed E-state index contributed by atoms with van der Waals surface area (Å²) in [6.07, 6.45) is 1.58. The summed E-state index contributed by atoms with van der Waals surface area (Å²) in [5.74, 6) is 0. The monoisotopic (exact) mass is 341 g/mol. The van der Waals surface area contributed by atoms with Gasteiger partial charge in [-0.05, 0) is 24.3 Å². The number of anilines is 1. The standard InChI is InChI=1S/C12H9BrClN3O2/c13-9-2-1-8(11(5-9)17(18)19)6-15-10-3-4-12(14)16-7-10/h1-5,7,15H,6H2. The molecule has 0 radical (unpaired) electrons. The van der Waals surface area contributed by atoms with Crippen molar-refractivity contribution in [3.8, 4) is 0 Å². The van der Waals surface area contributed by atoms with Crippen molar-refractivity contribution >= 4 is 38.9 Å². The summed E-state index contributed by atoms with van der Waals surface area (Å²) in [5, 5.41) is 14.4. The molecule has 0 amide bonds. The Kier molecular flexibility index (Phi) is 4.34. The molecular weight excluding hydrogens is 334 g/mol. The number of nitrogens with zero attached hydrogens (tertiary/aromatic N) is 2. The number of nitro groups is 1. The maximum absolute atomic E-state index is 11.0. The molecule has 0 saturated carbocycles. The van der Waals surface area contributed by atoms with Gasteiger partial charge in [0, 0.05) is 22.6 Å². The molecule has 1 aromatic heterocycles. The van der Waals surface area contributed by atoms with Crippen LogP contribution in [0.4, 0.5) is 11.4 Å². The van der Waals surface area contributed by atoms with Gasteiger partial charge in [-0.3, -0.25) is 10.1 Å². The molecule has 7 heteroatoms. The zero-order valence-electron chi connectivity index (χ0n) is 9.64. The zero-order chi connectivity index (χ0) is 13.8. The molecule has 0 atom stereocenters. The zero-order valence-corrected chi connectivity index (χ0v) is 12.0. The lowest BCUT2D eigenvalue weighted by Crippen LogP contribution is -2.03. The Morgan fingerprint density at radius 1 is 1.37 bits per heavy atom. The predicted molar refractivity (Wildman–Crippen MR) is 77.4 cm³/mol. The first-order valence-electron chi connectivity index (χ1n) is 5.34. The number of hydrogen-bond acceptors (Lipinski definition) is 4. The summed E-state index contributed by atoms with van der Waals surface area (Å²) in [5.41, 5.74) is 1.42. The molecule has 0 unspecified atom stereocenters. The van der Waals surface area contributed by atoms with Gasteiger partial charge in [0.15, 0.2) is 0 Å². The van der Waals surface area contributed by atoms with Crippen LogP contribution >= 0.6 is 27.5 Å². The number of pyridine rings is 1. The van der Waals surface area contributed by atoms with E-state index in [4.69, 9.17) is 11.6 Å². The molecule has 1 N–H and O–H groups in total. The Labute approximate surface area is 122 Å². The third-order valence-corrected chi connectivity index (χ3v) is 3.17. The van der Waals surface area contributed by atoms with Gasteiger partial charge in [0.25, 0.3) is 5.69 Å². The number of nitrogens with one attached hydrogen (secondary N) is 1. The van der Waals surface area contributed by atoms with E-state index in [0.29, 0.717) is 21.7 Å². The van der Waals surface area contributed by atoms with Gasteiger partial charge >= 0.3 is 0 Å². The van der Waals surface area contributed by atoms with E-state index in [1.165, 1.54) is 6.07 Å². The van der Waals surface area contributed by atoms with Crippen molar-refractivity contribution in [1.29, 1.82) is 0 Å². The van der Waals surface area contributed by atoms with E-state index in [1.807, 2.05) is 0 Å². The minimum Gasteiger partial charge on any atom is -0.379 e. The largest absolute Gasteiger partial charge is 0.379 e. The van der Waals surface area contributed by atoms with Crippen LogP contribution in [-0.4, -0.2) is 9.91 Å². The number of benzene rings is 1. The molecule has 1 heterocycles. The minimum absolute atomic E-state index is 0.0730. The number of nitro benzene ring substituents is 1. The molecule has 2 aromatic rings. The summed E-state index contributed by atoms with van der Waals surface area (Å²) < 4.78 is 0.677. The van der Waals surface area contributed by atoms with Gasteiger partial charge in [0.1, 0.15) is 5.15 Å². The van der Waals surface area contributed by atoms with Crippen LogP contribution < -0.4 is 5.32 Å². The maximum Gasteiger partial charge on any atom is 0.275 e. The van der Waals surface area contributed by atoms with Gasteiger partial charge in [-0.2, -0.15) is 0 Å². The molecule has 1 aromatic carbocycles. The normalized spacial score (nSPS) is 10.2. The Morgan fingerprint density at radius 3 is 2.79 bits per heavy atom. The van der Waals surface area contributed by atoms with Gasteiger partial charge in [0.2, 0.25) is 0 Å². The maximum atomic E-state index is 11.0. The third-order valence-electron chi connectivity index (χ3n) is 2.45. The first-order chi connectivity index (χ1) is 9.06. The van der Waals surface area contributed by atoms with Crippen molar-refractivity contribution in [2.45, 2.75) is 6.54 Å². The first-order valence-corrected chi connectivity index (χ1v) is 6.51. The van der Waals surface area contributed by atoms with Crippen LogP contribution in [0.25, 0.3) is 0 Å². The van der Waals surface area contributed by atoms with E-state index in [1.54, 1.807) is 30.5 Å². The smallest absolute Gasteiger partial charge is 0.275 e. The molecule has 0 fully saturated rings. The van der Waals surface area contributed by atoms with Crippen LogP contribution in [0.2, 0.25) is 5.15 Å². The second-order valence-corrected chi connectivity index (χ2v) is 5.06. The van der Waals surface area contributed by atoms with Crippen LogP contribution in [0.15, 0.2) is 41.0 Å². The van der Waals surface area contributed by atoms with Gasteiger partial charge in [-0.1, -0.05) is 27.5 Å². The van der Waals surface area contributed by atoms with Gasteiger partial charge in [0.05, 0.1) is 16.8 Å². The summed E-state index contributed by atoms with van der Waals surface area (Å²) in [7, 11) is 0. The third kappa shape index (κ3) is 3.65. The number of rotatable bonds is 4. The SMILES string of the molecule is O=[N+]([O-])c1cc(Br)ccc1CNc1ccc(Cl)nc1. The second kappa shape index (κ2) is 5.99. The summed E-state index contributed by atoms with van der Waals surface area (Å²) in [4.78, 5) is 14.5. The molecule has 0 spiro atoms. The van der Waals surface area contributed by atoms with Crippen LogP contribution in [0.5, 0.6) is 0 Å². The van der Waals surface area contributed by atoms with Gasteiger partial charge < -0.3 is 5.32 Å². The highest BCUT2D eigenvalue weighted by Gasteiger charge is 2.13. The molecule has 0 bridgehead atoms. The van der Waals surface area contributed by atoms with Crippen molar-refractivity contribution < 1.29 is 4.92 Å². The average Bonchev–Trinajstić information content (AvgIpc) is 2.39. The Bertz CT molecular complexity index is 604. The van der Waals surface area contributed by atoms with Crippen molar-refractivity contribution in [2.75, 3.05) is 5.32 Å². The molecule has 2 rings (SSSR count). The molecule has 0 saturated heterocycles. The Morgan fingerprint density at radius 2 is 2.16 bits per heavy atom. The lowest BCUT2D eigenvalue weighted by atomic mass is 10.2. The molecule has 98 valence electrons. The first kappa shape index (κ1) is 13.8. The van der Waals surface area contributed by atoms with E-state index in [2.05, 4.69) is 26.2 Å². The average molecular weight is 343 g/mol. The fourth-order valence-corrected chi connectivity index (χ4v) is 1.99. The van der Waals surface area contributed by atoms with Gasteiger partial charge in [-0.25, -0.2) is 4.98 Å². The highest BCUT2D eigenvalue weighted by Crippen LogP contribution is 2.24. The number of halogens is 2. The number of aromatic nitrogens is 1. The minimum atomic E-state index is -0.401. The quantitative estimate of drug-likeness (QED) is 0.518. The summed E-state index contributed by atoms with van der Waals surface area (Å²) >= 11 is 8.90. The highest BCUT2D eigenvalue weighted by molar-refractivity contribution is 9.10. The molecule has 5 nitrogen and oxygen atoms in total. The molecule has 0 aliphatic rings. The van der Waals surface area contributed by atoms with E-state index in [9.17, 15) is 10.1 Å². The van der Waals surface area contributed by atoms with Crippen molar-refractivity contribution in [3.05, 3.63) is 61.8 Å². The summed E-state index contributed by atoms with van der Waals surface area (Å²) in [6.45, 7) is 0.340. The van der Waals surface area contributed by atoms with Crippen molar-refractivity contribution in [3.63, 3.8) is 0 Å². The van der Waals surface area contributed by atoms with E-state index < -0.39 is 4.92 Å². The lowest BCUT2D eigenvalue weighted by Gasteiger charge is -2.07. The lowest BCUT2D eigenvalue weighted by molar-refractivity contribution is -0.385. The number of hydrogen-bond donors (Lipinski definition) is 1. The fourth-order valence-electron chi connectivity index (χ4n) is 1.53. The van der Waals surface area contributed by atoms with E-state index in [-0.39, 0.29) is 5.69 Å². The van der Waals surface area contributed by atoms with Crippen molar-refractivity contribution in [2.24, 2.45) is 0 Å². The van der Waals surface area contributed by atoms with Crippen LogP contribution in [0.3, 0.4) is 0 Å². The summed E-state index contributed by atoms with van der Waals surface area (Å²) in [6, 6.07) is 8.37. The Balaban J connectivity index is 2.15. The molecule has 0 aliphatic carbocycles. The molecule has 0 aliphatic heterocycles. The topological polar surface area (TPSA) is 68.1 Å². The molecular formula is C12H9BrClN3O2. The van der Waals surface area contributed by atoms with Crippen LogP contribution in [0.1, 0.15) is 5.56 Å². The van der Waals surface area contributed by atoms with E-state index >= 15 is 0 Å². The predicted octanol–water partition coefficient (Wildman–Crippen LogP) is 4.02. The van der Waals surface area contributed by atoms with Crippen LogP contribution in [0, 0.1) is 10.1 Å². The highest BCUT2D eigenvalue weighted by atomic mass is 79.9.